The van der Waals surface area contributed by atoms with Gasteiger partial charge in [-0.2, -0.15) is 5.10 Å². The zero-order valence-electron chi connectivity index (χ0n) is 18.0. The summed E-state index contributed by atoms with van der Waals surface area (Å²) in [7, 11) is 0. The number of aryl methyl sites for hydroxylation is 1. The standard InChI is InChI=1S/C21H31FN4O4/c1-5-26-19(8-9-24-26)25(11-12-27)15-16-14-17(22)6-7-18(16)29-13-10-23-20(28)30-21(2,3)4/h6-9,14,27H,5,10-13,15H2,1-4H3,(H,23,28). The summed E-state index contributed by atoms with van der Waals surface area (Å²) >= 11 is 0. The minimum atomic E-state index is -0.573. The Labute approximate surface area is 176 Å². The van der Waals surface area contributed by atoms with Crippen LogP contribution in [0.2, 0.25) is 0 Å². The van der Waals surface area contributed by atoms with Gasteiger partial charge in [0.2, 0.25) is 0 Å². The number of ether oxygens (including phenoxy) is 2. The number of halogens is 1. The lowest BCUT2D eigenvalue weighted by Crippen LogP contribution is -2.34. The fraction of sp³-hybridized carbons (Fsp3) is 0.524. The minimum Gasteiger partial charge on any atom is -0.491 e. The molecule has 0 saturated heterocycles. The first-order chi connectivity index (χ1) is 14.2. The number of alkyl carbamates (subject to hydrolysis) is 1. The summed E-state index contributed by atoms with van der Waals surface area (Å²) in [6.45, 7) is 9.10. The van der Waals surface area contributed by atoms with Gasteiger partial charge in [-0.05, 0) is 45.9 Å². The molecular weight excluding hydrogens is 391 g/mol. The lowest BCUT2D eigenvalue weighted by molar-refractivity contribution is 0.0520. The number of aliphatic hydroxyl groups excluding tert-OH is 1. The largest absolute Gasteiger partial charge is 0.491 e. The topological polar surface area (TPSA) is 88.9 Å². The first-order valence-corrected chi connectivity index (χ1v) is 9.99. The molecule has 0 fully saturated rings. The Kier molecular flexibility index (Phi) is 8.46. The average Bonchev–Trinajstić information content (AvgIpc) is 3.13. The molecule has 0 bridgehead atoms. The van der Waals surface area contributed by atoms with E-state index in [4.69, 9.17) is 9.47 Å². The Morgan fingerprint density at radius 2 is 2.10 bits per heavy atom. The van der Waals surface area contributed by atoms with Gasteiger partial charge in [-0.1, -0.05) is 0 Å². The first-order valence-electron chi connectivity index (χ1n) is 9.99. The van der Waals surface area contributed by atoms with Crippen LogP contribution < -0.4 is 15.0 Å². The highest BCUT2D eigenvalue weighted by Gasteiger charge is 2.17. The summed E-state index contributed by atoms with van der Waals surface area (Å²) in [5.74, 6) is 0.957. The Morgan fingerprint density at radius 1 is 1.33 bits per heavy atom. The summed E-state index contributed by atoms with van der Waals surface area (Å²) < 4.78 is 26.7. The quantitative estimate of drug-likeness (QED) is 0.573. The molecule has 0 aliphatic rings. The van der Waals surface area contributed by atoms with Crippen molar-refractivity contribution in [2.75, 3.05) is 31.2 Å². The van der Waals surface area contributed by atoms with E-state index in [0.717, 1.165) is 5.82 Å². The molecule has 2 aromatic rings. The van der Waals surface area contributed by atoms with E-state index < -0.39 is 11.7 Å². The number of benzene rings is 1. The smallest absolute Gasteiger partial charge is 0.407 e. The van der Waals surface area contributed by atoms with E-state index in [2.05, 4.69) is 10.4 Å². The Balaban J connectivity index is 2.04. The van der Waals surface area contributed by atoms with Crippen molar-refractivity contribution in [3.63, 3.8) is 0 Å². The highest BCUT2D eigenvalue weighted by Crippen LogP contribution is 2.24. The molecule has 1 aromatic heterocycles. The molecule has 0 radical (unpaired) electrons. The van der Waals surface area contributed by atoms with E-state index in [0.29, 0.717) is 30.9 Å². The minimum absolute atomic E-state index is 0.0553. The molecule has 30 heavy (non-hydrogen) atoms. The highest BCUT2D eigenvalue weighted by molar-refractivity contribution is 5.67. The zero-order valence-corrected chi connectivity index (χ0v) is 18.0. The van der Waals surface area contributed by atoms with Crippen molar-refractivity contribution in [1.82, 2.24) is 15.1 Å². The van der Waals surface area contributed by atoms with Crippen LogP contribution in [-0.2, 0) is 17.8 Å². The molecule has 0 aliphatic heterocycles. The van der Waals surface area contributed by atoms with E-state index in [9.17, 15) is 14.3 Å². The van der Waals surface area contributed by atoms with Gasteiger partial charge in [-0.15, -0.1) is 0 Å². The molecule has 0 unspecified atom stereocenters. The predicted octanol–water partition coefficient (Wildman–Crippen LogP) is 2.94. The van der Waals surface area contributed by atoms with Gasteiger partial charge in [0, 0.05) is 31.3 Å². The van der Waals surface area contributed by atoms with Crippen molar-refractivity contribution in [2.24, 2.45) is 0 Å². The number of aromatic nitrogens is 2. The zero-order chi connectivity index (χ0) is 22.1. The van der Waals surface area contributed by atoms with Gasteiger partial charge < -0.3 is 24.8 Å². The number of hydrogen-bond acceptors (Lipinski definition) is 6. The number of carbonyl (C=O) groups is 1. The van der Waals surface area contributed by atoms with Crippen molar-refractivity contribution in [3.8, 4) is 5.75 Å². The van der Waals surface area contributed by atoms with Crippen LogP contribution in [0.15, 0.2) is 30.5 Å². The third-order valence-corrected chi connectivity index (χ3v) is 4.10. The molecule has 2 rings (SSSR count). The van der Waals surface area contributed by atoms with E-state index in [1.54, 1.807) is 37.7 Å². The molecule has 2 N–H and O–H groups in total. The number of carbonyl (C=O) groups excluding carboxylic acids is 1. The number of anilines is 1. The molecule has 1 amide bonds. The summed E-state index contributed by atoms with van der Waals surface area (Å²) in [6, 6.07) is 6.15. The Bertz CT molecular complexity index is 820. The Hall–Kier alpha value is -2.81. The van der Waals surface area contributed by atoms with Gasteiger partial charge in [0.1, 0.15) is 29.6 Å². The number of aliphatic hydroxyl groups is 1. The molecule has 1 heterocycles. The lowest BCUT2D eigenvalue weighted by Gasteiger charge is -2.25. The third kappa shape index (κ3) is 7.22. The van der Waals surface area contributed by atoms with Crippen molar-refractivity contribution in [3.05, 3.63) is 41.8 Å². The van der Waals surface area contributed by atoms with Crippen LogP contribution in [0, 0.1) is 5.82 Å². The maximum absolute atomic E-state index is 13.9. The number of nitrogens with one attached hydrogen (secondary N) is 1. The summed E-state index contributed by atoms with van der Waals surface area (Å²) in [5, 5.41) is 16.4. The van der Waals surface area contributed by atoms with E-state index in [1.165, 1.54) is 12.1 Å². The van der Waals surface area contributed by atoms with Gasteiger partial charge in [0.05, 0.1) is 19.3 Å². The molecule has 166 valence electrons. The normalized spacial score (nSPS) is 11.3. The fourth-order valence-corrected chi connectivity index (χ4v) is 2.88. The van der Waals surface area contributed by atoms with Crippen LogP contribution in [0.3, 0.4) is 0 Å². The SMILES string of the molecule is CCn1nccc1N(CCO)Cc1cc(F)ccc1OCCNC(=O)OC(C)(C)C. The van der Waals surface area contributed by atoms with Crippen LogP contribution in [-0.4, -0.2) is 52.9 Å². The van der Waals surface area contributed by atoms with Gasteiger partial charge >= 0.3 is 6.09 Å². The maximum Gasteiger partial charge on any atom is 0.407 e. The first kappa shape index (κ1) is 23.5. The second kappa shape index (κ2) is 10.8. The molecule has 0 atom stereocenters. The second-order valence-electron chi connectivity index (χ2n) is 7.68. The second-order valence-corrected chi connectivity index (χ2v) is 7.68. The summed E-state index contributed by atoms with van der Waals surface area (Å²) in [6.07, 6.45) is 1.17. The summed E-state index contributed by atoms with van der Waals surface area (Å²) in [5.41, 5.74) is 0.0561. The van der Waals surface area contributed by atoms with Gasteiger partial charge in [-0.3, -0.25) is 4.68 Å². The number of nitrogens with zero attached hydrogens (tertiary/aromatic N) is 3. The molecule has 8 nitrogen and oxygen atoms in total. The monoisotopic (exact) mass is 422 g/mol. The van der Waals surface area contributed by atoms with Crippen molar-refractivity contribution >= 4 is 11.9 Å². The van der Waals surface area contributed by atoms with Crippen molar-refractivity contribution < 1.29 is 23.8 Å². The third-order valence-electron chi connectivity index (χ3n) is 4.10. The van der Waals surface area contributed by atoms with Crippen LogP contribution in [0.1, 0.15) is 33.3 Å². The van der Waals surface area contributed by atoms with Gasteiger partial charge in [0.15, 0.2) is 0 Å². The van der Waals surface area contributed by atoms with E-state index in [-0.39, 0.29) is 25.6 Å². The fourth-order valence-electron chi connectivity index (χ4n) is 2.88. The molecule has 0 saturated carbocycles. The van der Waals surface area contributed by atoms with E-state index in [1.807, 2.05) is 17.9 Å². The Morgan fingerprint density at radius 3 is 2.77 bits per heavy atom. The van der Waals surface area contributed by atoms with Gasteiger partial charge in [0.25, 0.3) is 0 Å². The van der Waals surface area contributed by atoms with Crippen LogP contribution in [0.25, 0.3) is 0 Å². The van der Waals surface area contributed by atoms with Crippen molar-refractivity contribution in [1.29, 1.82) is 0 Å². The van der Waals surface area contributed by atoms with E-state index >= 15 is 0 Å². The molecule has 1 aromatic carbocycles. The molecule has 0 spiro atoms. The predicted molar refractivity (Wildman–Crippen MR) is 112 cm³/mol. The summed E-state index contributed by atoms with van der Waals surface area (Å²) in [4.78, 5) is 13.6. The van der Waals surface area contributed by atoms with Gasteiger partial charge in [-0.25, -0.2) is 9.18 Å². The van der Waals surface area contributed by atoms with Crippen LogP contribution in [0.5, 0.6) is 5.75 Å². The highest BCUT2D eigenvalue weighted by atomic mass is 19.1. The molecule has 9 heteroatoms. The maximum atomic E-state index is 13.9. The number of rotatable bonds is 10. The van der Waals surface area contributed by atoms with Crippen LogP contribution in [0.4, 0.5) is 15.0 Å². The van der Waals surface area contributed by atoms with Crippen molar-refractivity contribution in [2.45, 2.75) is 46.4 Å². The lowest BCUT2D eigenvalue weighted by atomic mass is 10.1. The molecule has 0 aliphatic carbocycles. The number of hydrogen-bond donors (Lipinski definition) is 2. The molecular formula is C21H31FN4O4. The average molecular weight is 423 g/mol. The number of amides is 1. The van der Waals surface area contributed by atoms with Crippen LogP contribution >= 0.6 is 0 Å².